The normalized spacial score (nSPS) is 11.3. The summed E-state index contributed by atoms with van der Waals surface area (Å²) in [6.07, 6.45) is 2.88. The summed E-state index contributed by atoms with van der Waals surface area (Å²) in [5, 5.41) is 18.2. The molecule has 0 unspecified atom stereocenters. The number of hydrogen-bond acceptors (Lipinski definition) is 2. The molecular formula is C17H16O3. The molecule has 0 saturated carbocycles. The lowest BCUT2D eigenvalue weighted by molar-refractivity contribution is 0.0697. The lowest BCUT2D eigenvalue weighted by atomic mass is 9.99. The molecule has 2 N–H and O–H groups in total. The summed E-state index contributed by atoms with van der Waals surface area (Å²) in [5.41, 5.74) is 3.41. The average Bonchev–Trinajstić information content (AvgIpc) is 2.47. The molecule has 3 nitrogen and oxygen atoms in total. The van der Waals surface area contributed by atoms with E-state index in [2.05, 4.69) is 6.92 Å². The molecule has 0 atom stereocenters. The minimum atomic E-state index is -0.919. The van der Waals surface area contributed by atoms with Crippen LogP contribution in [-0.2, 0) is 0 Å². The Bertz CT molecular complexity index is 622. The first kappa shape index (κ1) is 13.9. The van der Waals surface area contributed by atoms with Crippen LogP contribution in [0.3, 0.4) is 0 Å². The number of carboxylic acids is 1. The van der Waals surface area contributed by atoms with Crippen molar-refractivity contribution >= 4 is 17.6 Å². The Balaban J connectivity index is 2.31. The first-order chi connectivity index (χ1) is 9.60. The summed E-state index contributed by atoms with van der Waals surface area (Å²) >= 11 is 0. The highest BCUT2D eigenvalue weighted by atomic mass is 16.4. The number of allylic oxidation sites excluding steroid dienone is 1. The lowest BCUT2D eigenvalue weighted by Gasteiger charge is -2.06. The van der Waals surface area contributed by atoms with Crippen LogP contribution in [0.5, 0.6) is 5.75 Å². The molecule has 2 aromatic rings. The molecule has 0 spiro atoms. The molecule has 0 aliphatic rings. The van der Waals surface area contributed by atoms with Gasteiger partial charge in [-0.2, -0.15) is 0 Å². The minimum absolute atomic E-state index is 0.242. The van der Waals surface area contributed by atoms with Gasteiger partial charge in [0.1, 0.15) is 5.75 Å². The lowest BCUT2D eigenvalue weighted by Crippen LogP contribution is -1.95. The Kier molecular flexibility index (Phi) is 4.20. The van der Waals surface area contributed by atoms with Crippen molar-refractivity contribution in [2.75, 3.05) is 0 Å². The van der Waals surface area contributed by atoms with Gasteiger partial charge in [-0.1, -0.05) is 37.3 Å². The zero-order valence-electron chi connectivity index (χ0n) is 11.2. The van der Waals surface area contributed by atoms with Gasteiger partial charge in [0, 0.05) is 0 Å². The number of carboxylic acid groups (broad SMARTS) is 1. The van der Waals surface area contributed by atoms with E-state index in [0.29, 0.717) is 0 Å². The Hall–Kier alpha value is -2.55. The third-order valence-electron chi connectivity index (χ3n) is 3.12. The molecular weight excluding hydrogens is 252 g/mol. The van der Waals surface area contributed by atoms with Crippen molar-refractivity contribution in [1.82, 2.24) is 0 Å². The number of aromatic hydroxyl groups is 1. The van der Waals surface area contributed by atoms with Crippen molar-refractivity contribution in [2.45, 2.75) is 13.3 Å². The fourth-order valence-corrected chi connectivity index (χ4v) is 1.99. The SMILES string of the molecule is CCC(=Cc1ccc(O)cc1)c1ccc(C(=O)O)cc1. The molecule has 0 radical (unpaired) electrons. The smallest absolute Gasteiger partial charge is 0.335 e. The van der Waals surface area contributed by atoms with Crippen LogP contribution in [0.25, 0.3) is 11.6 Å². The topological polar surface area (TPSA) is 57.5 Å². The maximum Gasteiger partial charge on any atom is 0.335 e. The van der Waals surface area contributed by atoms with Gasteiger partial charge in [0.05, 0.1) is 5.56 Å². The van der Waals surface area contributed by atoms with Gasteiger partial charge in [-0.25, -0.2) is 4.79 Å². The van der Waals surface area contributed by atoms with Crippen LogP contribution < -0.4 is 0 Å². The van der Waals surface area contributed by atoms with Crippen molar-refractivity contribution in [3.05, 3.63) is 65.2 Å². The first-order valence-electron chi connectivity index (χ1n) is 6.43. The maximum atomic E-state index is 10.8. The number of hydrogen-bond donors (Lipinski definition) is 2. The van der Waals surface area contributed by atoms with Crippen LogP contribution >= 0.6 is 0 Å². The summed E-state index contributed by atoms with van der Waals surface area (Å²) in [5.74, 6) is -0.678. The van der Waals surface area contributed by atoms with Gasteiger partial charge in [0.15, 0.2) is 0 Å². The number of carbonyl (C=O) groups is 1. The maximum absolute atomic E-state index is 10.8. The van der Waals surface area contributed by atoms with E-state index in [9.17, 15) is 9.90 Å². The molecule has 0 bridgehead atoms. The van der Waals surface area contributed by atoms with Gasteiger partial charge in [0.25, 0.3) is 0 Å². The zero-order chi connectivity index (χ0) is 14.5. The molecule has 102 valence electrons. The van der Waals surface area contributed by atoms with Crippen LogP contribution in [-0.4, -0.2) is 16.2 Å². The van der Waals surface area contributed by atoms with E-state index < -0.39 is 5.97 Å². The standard InChI is InChI=1S/C17H16O3/c1-2-13(11-12-3-9-16(18)10-4-12)14-5-7-15(8-6-14)17(19)20/h3-11,18H,2H2,1H3,(H,19,20). The summed E-state index contributed by atoms with van der Waals surface area (Å²) < 4.78 is 0. The van der Waals surface area contributed by atoms with E-state index in [1.807, 2.05) is 30.3 Å². The van der Waals surface area contributed by atoms with Crippen LogP contribution in [0, 0.1) is 0 Å². The molecule has 0 amide bonds. The number of rotatable bonds is 4. The predicted molar refractivity (Wildman–Crippen MR) is 79.7 cm³/mol. The van der Waals surface area contributed by atoms with Crippen LogP contribution in [0.4, 0.5) is 0 Å². The van der Waals surface area contributed by atoms with Gasteiger partial charge in [-0.05, 0) is 47.4 Å². The second kappa shape index (κ2) is 6.06. The van der Waals surface area contributed by atoms with E-state index in [1.165, 1.54) is 0 Å². The second-order valence-corrected chi connectivity index (χ2v) is 4.50. The largest absolute Gasteiger partial charge is 0.508 e. The molecule has 0 fully saturated rings. The van der Waals surface area contributed by atoms with E-state index in [4.69, 9.17) is 5.11 Å². The molecule has 0 aliphatic heterocycles. The monoisotopic (exact) mass is 268 g/mol. The molecule has 0 saturated heterocycles. The summed E-state index contributed by atoms with van der Waals surface area (Å²) in [4.78, 5) is 10.8. The highest BCUT2D eigenvalue weighted by Crippen LogP contribution is 2.22. The fraction of sp³-hybridized carbons (Fsp3) is 0.118. The minimum Gasteiger partial charge on any atom is -0.508 e. The molecule has 2 aromatic carbocycles. The Morgan fingerprint density at radius 3 is 2.05 bits per heavy atom. The molecule has 0 aliphatic carbocycles. The van der Waals surface area contributed by atoms with Crippen molar-refractivity contribution in [1.29, 1.82) is 0 Å². The zero-order valence-corrected chi connectivity index (χ0v) is 11.2. The summed E-state index contributed by atoms with van der Waals surface area (Å²) in [7, 11) is 0. The number of benzene rings is 2. The van der Waals surface area contributed by atoms with Crippen LogP contribution in [0.1, 0.15) is 34.8 Å². The number of phenols is 1. The van der Waals surface area contributed by atoms with Gasteiger partial charge >= 0.3 is 5.97 Å². The van der Waals surface area contributed by atoms with Gasteiger partial charge in [-0.15, -0.1) is 0 Å². The number of aromatic carboxylic acids is 1. The predicted octanol–water partition coefficient (Wildman–Crippen LogP) is 4.04. The molecule has 0 aromatic heterocycles. The van der Waals surface area contributed by atoms with E-state index >= 15 is 0 Å². The first-order valence-corrected chi connectivity index (χ1v) is 6.43. The highest BCUT2D eigenvalue weighted by molar-refractivity contribution is 5.89. The van der Waals surface area contributed by atoms with Gasteiger partial charge in [0.2, 0.25) is 0 Å². The Morgan fingerprint density at radius 1 is 1.00 bits per heavy atom. The molecule has 3 heteroatoms. The van der Waals surface area contributed by atoms with Crippen LogP contribution in [0.15, 0.2) is 48.5 Å². The number of phenolic OH excluding ortho intramolecular Hbond substituents is 1. The average molecular weight is 268 g/mol. The summed E-state index contributed by atoms with van der Waals surface area (Å²) in [6.45, 7) is 2.05. The van der Waals surface area contributed by atoms with Crippen molar-refractivity contribution in [2.24, 2.45) is 0 Å². The van der Waals surface area contributed by atoms with Gasteiger partial charge in [-0.3, -0.25) is 0 Å². The Labute approximate surface area is 117 Å². The molecule has 2 rings (SSSR count). The van der Waals surface area contributed by atoms with Crippen molar-refractivity contribution in [3.8, 4) is 5.75 Å². The highest BCUT2D eigenvalue weighted by Gasteiger charge is 2.04. The van der Waals surface area contributed by atoms with E-state index in [-0.39, 0.29) is 11.3 Å². The molecule has 0 heterocycles. The quantitative estimate of drug-likeness (QED) is 0.823. The van der Waals surface area contributed by atoms with E-state index in [0.717, 1.165) is 23.1 Å². The van der Waals surface area contributed by atoms with Gasteiger partial charge < -0.3 is 10.2 Å². The third kappa shape index (κ3) is 3.26. The van der Waals surface area contributed by atoms with Crippen molar-refractivity contribution < 1.29 is 15.0 Å². The molecule has 20 heavy (non-hydrogen) atoms. The third-order valence-corrected chi connectivity index (χ3v) is 3.12. The summed E-state index contributed by atoms with van der Waals surface area (Å²) in [6, 6.07) is 13.8. The van der Waals surface area contributed by atoms with Crippen LogP contribution in [0.2, 0.25) is 0 Å². The second-order valence-electron chi connectivity index (χ2n) is 4.50. The fourth-order valence-electron chi connectivity index (χ4n) is 1.99. The van der Waals surface area contributed by atoms with E-state index in [1.54, 1.807) is 24.3 Å². The Morgan fingerprint density at radius 2 is 1.55 bits per heavy atom. The van der Waals surface area contributed by atoms with Crippen molar-refractivity contribution in [3.63, 3.8) is 0 Å².